The Morgan fingerprint density at radius 3 is 2.76 bits per heavy atom. The Bertz CT molecular complexity index is 1450. The second-order valence-electron chi connectivity index (χ2n) is 9.97. The molecule has 1 aliphatic heterocycles. The van der Waals surface area contributed by atoms with Gasteiger partial charge >= 0.3 is 0 Å². The predicted octanol–water partition coefficient (Wildman–Crippen LogP) is 5.53. The summed E-state index contributed by atoms with van der Waals surface area (Å²) >= 11 is 1.83. The zero-order chi connectivity index (χ0) is 25.4. The molecule has 1 saturated carbocycles. The number of amides is 1. The maximum Gasteiger partial charge on any atom is 0.252 e. The SMILES string of the molecule is COc1ccc(C)c(C(=O)NC2(c3cc(-c4ccc(CN5CCOCC5)s4)cc4ncccc34)CC2)c1. The van der Waals surface area contributed by atoms with E-state index in [1.54, 1.807) is 7.11 Å². The molecule has 0 atom stereocenters. The first-order valence-electron chi connectivity index (χ1n) is 12.8. The number of carbonyl (C=O) groups excluding carboxylic acids is 1. The van der Waals surface area contributed by atoms with Crippen molar-refractivity contribution in [1.82, 2.24) is 15.2 Å². The van der Waals surface area contributed by atoms with Crippen LogP contribution in [0.3, 0.4) is 0 Å². The lowest BCUT2D eigenvalue weighted by Crippen LogP contribution is -2.35. The fourth-order valence-electron chi connectivity index (χ4n) is 5.16. The van der Waals surface area contributed by atoms with E-state index >= 15 is 0 Å². The van der Waals surface area contributed by atoms with Gasteiger partial charge in [-0.3, -0.25) is 14.7 Å². The molecule has 6 rings (SSSR count). The third-order valence-electron chi connectivity index (χ3n) is 7.46. The number of benzene rings is 2. The van der Waals surface area contributed by atoms with Crippen molar-refractivity contribution >= 4 is 28.1 Å². The number of aryl methyl sites for hydroxylation is 1. The molecule has 2 aromatic heterocycles. The molecule has 6 nitrogen and oxygen atoms in total. The fraction of sp³-hybridized carbons (Fsp3) is 0.333. The molecule has 190 valence electrons. The maximum absolute atomic E-state index is 13.5. The average Bonchev–Trinajstić information content (AvgIpc) is 3.56. The van der Waals surface area contributed by atoms with E-state index in [4.69, 9.17) is 14.5 Å². The summed E-state index contributed by atoms with van der Waals surface area (Å²) in [6.07, 6.45) is 3.65. The zero-order valence-corrected chi connectivity index (χ0v) is 22.1. The van der Waals surface area contributed by atoms with Gasteiger partial charge in [0.05, 0.1) is 31.4 Å². The number of ether oxygens (including phenoxy) is 2. The number of hydrogen-bond acceptors (Lipinski definition) is 6. The van der Waals surface area contributed by atoms with E-state index < -0.39 is 5.54 Å². The Morgan fingerprint density at radius 1 is 1.14 bits per heavy atom. The third-order valence-corrected chi connectivity index (χ3v) is 8.58. The molecule has 1 N–H and O–H groups in total. The molecule has 3 heterocycles. The Balaban J connectivity index is 1.33. The topological polar surface area (TPSA) is 63.7 Å². The number of morpholine rings is 1. The normalized spacial score (nSPS) is 17.0. The van der Waals surface area contributed by atoms with Gasteiger partial charge in [0, 0.05) is 46.5 Å². The van der Waals surface area contributed by atoms with Gasteiger partial charge in [-0.25, -0.2) is 0 Å². The lowest BCUT2D eigenvalue weighted by Gasteiger charge is -2.25. The van der Waals surface area contributed by atoms with Gasteiger partial charge in [0.1, 0.15) is 5.75 Å². The molecule has 2 fully saturated rings. The highest BCUT2D eigenvalue weighted by atomic mass is 32.1. The summed E-state index contributed by atoms with van der Waals surface area (Å²) in [7, 11) is 1.62. The minimum Gasteiger partial charge on any atom is -0.497 e. The first-order chi connectivity index (χ1) is 18.0. The van der Waals surface area contributed by atoms with Gasteiger partial charge < -0.3 is 14.8 Å². The van der Waals surface area contributed by atoms with Crippen LogP contribution in [0.25, 0.3) is 21.3 Å². The highest BCUT2D eigenvalue weighted by Gasteiger charge is 2.47. The molecule has 0 bridgehead atoms. The van der Waals surface area contributed by atoms with Gasteiger partial charge in [-0.1, -0.05) is 12.1 Å². The van der Waals surface area contributed by atoms with Crippen LogP contribution >= 0.6 is 11.3 Å². The minimum absolute atomic E-state index is 0.0692. The third kappa shape index (κ3) is 4.87. The molecule has 4 aromatic rings. The Kier molecular flexibility index (Phi) is 6.44. The Hall–Kier alpha value is -3.26. The van der Waals surface area contributed by atoms with Crippen LogP contribution in [0, 0.1) is 6.92 Å². The largest absolute Gasteiger partial charge is 0.497 e. The van der Waals surface area contributed by atoms with E-state index in [1.165, 1.54) is 9.75 Å². The number of methoxy groups -OCH3 is 1. The molecular weight excluding hydrogens is 482 g/mol. The van der Waals surface area contributed by atoms with Crippen LogP contribution in [0.5, 0.6) is 5.75 Å². The van der Waals surface area contributed by atoms with Crippen LogP contribution < -0.4 is 10.1 Å². The standard InChI is InChI=1S/C30H31N3O3S/c1-20-5-6-22(35-2)18-25(20)29(34)32-30(9-10-30)26-16-21(17-27-24(26)4-3-11-31-27)28-8-7-23(37-28)19-33-12-14-36-15-13-33/h3-8,11,16-18H,9-10,12-15,19H2,1-2H3,(H,32,34). The second-order valence-corrected chi connectivity index (χ2v) is 11.1. The number of fused-ring (bicyclic) bond motifs is 1. The van der Waals surface area contributed by atoms with E-state index in [2.05, 4.69) is 40.5 Å². The molecule has 0 unspecified atom stereocenters. The molecule has 1 amide bonds. The first kappa shape index (κ1) is 24.1. The predicted molar refractivity (Wildman–Crippen MR) is 147 cm³/mol. The van der Waals surface area contributed by atoms with Gasteiger partial charge in [-0.2, -0.15) is 0 Å². The van der Waals surface area contributed by atoms with Gasteiger partial charge in [-0.05, 0) is 78.9 Å². The Labute approximate surface area is 221 Å². The highest BCUT2D eigenvalue weighted by molar-refractivity contribution is 7.15. The number of hydrogen-bond donors (Lipinski definition) is 1. The van der Waals surface area contributed by atoms with Gasteiger partial charge in [0.15, 0.2) is 0 Å². The number of aromatic nitrogens is 1. The number of rotatable bonds is 7. The molecule has 0 radical (unpaired) electrons. The lowest BCUT2D eigenvalue weighted by atomic mass is 9.95. The van der Waals surface area contributed by atoms with E-state index in [0.717, 1.165) is 73.3 Å². The van der Waals surface area contributed by atoms with Crippen molar-refractivity contribution in [2.24, 2.45) is 0 Å². The van der Waals surface area contributed by atoms with Gasteiger partial charge in [0.25, 0.3) is 5.91 Å². The number of nitrogens with one attached hydrogen (secondary N) is 1. The number of pyridine rings is 1. The molecule has 2 aromatic carbocycles. The summed E-state index contributed by atoms with van der Waals surface area (Å²) in [5.41, 5.74) is 4.44. The number of carbonyl (C=O) groups is 1. The second kappa shape index (κ2) is 9.89. The van der Waals surface area contributed by atoms with Crippen LogP contribution in [-0.4, -0.2) is 49.2 Å². The minimum atomic E-state index is -0.391. The van der Waals surface area contributed by atoms with E-state index in [9.17, 15) is 4.79 Å². The summed E-state index contributed by atoms with van der Waals surface area (Å²) in [4.78, 5) is 23.2. The van der Waals surface area contributed by atoms with E-state index in [-0.39, 0.29) is 5.91 Å². The lowest BCUT2D eigenvalue weighted by molar-refractivity contribution is 0.0346. The average molecular weight is 514 g/mol. The molecule has 7 heteroatoms. The highest BCUT2D eigenvalue weighted by Crippen LogP contribution is 2.49. The monoisotopic (exact) mass is 513 g/mol. The van der Waals surface area contributed by atoms with Gasteiger partial charge in [0.2, 0.25) is 0 Å². The molecule has 1 aliphatic carbocycles. The fourth-order valence-corrected chi connectivity index (χ4v) is 6.20. The molecule has 1 saturated heterocycles. The van der Waals surface area contributed by atoms with Crippen molar-refractivity contribution in [2.75, 3.05) is 33.4 Å². The summed E-state index contributed by atoms with van der Waals surface area (Å²) in [6, 6.07) is 18.6. The summed E-state index contributed by atoms with van der Waals surface area (Å²) in [5, 5.41) is 4.48. The van der Waals surface area contributed by atoms with Crippen molar-refractivity contribution in [3.8, 4) is 16.2 Å². The van der Waals surface area contributed by atoms with Crippen molar-refractivity contribution in [1.29, 1.82) is 0 Å². The van der Waals surface area contributed by atoms with Crippen molar-refractivity contribution < 1.29 is 14.3 Å². The first-order valence-corrected chi connectivity index (χ1v) is 13.6. The van der Waals surface area contributed by atoms with Crippen LogP contribution in [0.2, 0.25) is 0 Å². The van der Waals surface area contributed by atoms with Gasteiger partial charge in [-0.15, -0.1) is 11.3 Å². The summed E-state index contributed by atoms with van der Waals surface area (Å²) in [6.45, 7) is 6.48. The molecule has 2 aliphatic rings. The number of thiophene rings is 1. The van der Waals surface area contributed by atoms with Crippen LogP contribution in [0.4, 0.5) is 0 Å². The zero-order valence-electron chi connectivity index (χ0n) is 21.3. The van der Waals surface area contributed by atoms with Crippen molar-refractivity contribution in [2.45, 2.75) is 31.8 Å². The smallest absolute Gasteiger partial charge is 0.252 e. The van der Waals surface area contributed by atoms with Crippen LogP contribution in [-0.2, 0) is 16.8 Å². The number of nitrogens with zero attached hydrogens (tertiary/aromatic N) is 2. The summed E-state index contributed by atoms with van der Waals surface area (Å²) in [5.74, 6) is 0.614. The quantitative estimate of drug-likeness (QED) is 0.352. The van der Waals surface area contributed by atoms with Crippen molar-refractivity contribution in [3.63, 3.8) is 0 Å². The van der Waals surface area contributed by atoms with Crippen LogP contribution in [0.15, 0.2) is 60.8 Å². The Morgan fingerprint density at radius 2 is 1.97 bits per heavy atom. The maximum atomic E-state index is 13.5. The van der Waals surface area contributed by atoms with Crippen molar-refractivity contribution in [3.05, 3.63) is 82.4 Å². The molecular formula is C30H31N3O3S. The van der Waals surface area contributed by atoms with E-state index in [0.29, 0.717) is 11.3 Å². The molecule has 0 spiro atoms. The summed E-state index contributed by atoms with van der Waals surface area (Å²) < 4.78 is 10.9. The van der Waals surface area contributed by atoms with E-state index in [1.807, 2.05) is 48.7 Å². The van der Waals surface area contributed by atoms with Crippen LogP contribution in [0.1, 0.15) is 39.2 Å². The molecule has 37 heavy (non-hydrogen) atoms.